The van der Waals surface area contributed by atoms with Gasteiger partial charge in [-0.2, -0.15) is 0 Å². The minimum absolute atomic E-state index is 0.0923. The van der Waals surface area contributed by atoms with Crippen LogP contribution in [0.1, 0.15) is 32.3 Å². The molecule has 3 saturated heterocycles. The predicted octanol–water partition coefficient (Wildman–Crippen LogP) is 1.68. The van der Waals surface area contributed by atoms with Gasteiger partial charge >= 0.3 is 0 Å². The van der Waals surface area contributed by atoms with Crippen molar-refractivity contribution in [2.24, 2.45) is 11.8 Å². The standard InChI is InChI=1S/C28H32N6O4S/c1-17(15-35)34-23(25(37)30-16-33-20-11-7-6-10-19(20)31-32-33)28-13-12-27(2,39-28)21(22(28)26(34)38)24(36)29-14-18-8-4-3-5-9-18/h3-11,17,21-23,35H,12-16H2,1-2H3,(H,29,36)(H,30,37)/t17-,21-,22+,23?,27+,28?/m1/s1. The molecule has 6 atom stereocenters. The molecule has 2 aromatic carbocycles. The average molecular weight is 549 g/mol. The zero-order valence-corrected chi connectivity index (χ0v) is 22.7. The summed E-state index contributed by atoms with van der Waals surface area (Å²) in [7, 11) is 0. The number of fused-ring (bicyclic) bond motifs is 2. The largest absolute Gasteiger partial charge is 0.394 e. The van der Waals surface area contributed by atoms with E-state index >= 15 is 0 Å². The summed E-state index contributed by atoms with van der Waals surface area (Å²) in [5, 5.41) is 24.4. The van der Waals surface area contributed by atoms with E-state index in [2.05, 4.69) is 20.9 Å². The number of aliphatic hydroxyl groups excluding tert-OH is 1. The Labute approximate surface area is 230 Å². The number of aromatic nitrogens is 3. The van der Waals surface area contributed by atoms with E-state index in [-0.39, 0.29) is 31.0 Å². The van der Waals surface area contributed by atoms with Crippen LogP contribution in [0.2, 0.25) is 0 Å². The maximum absolute atomic E-state index is 14.0. The van der Waals surface area contributed by atoms with E-state index in [0.717, 1.165) is 23.0 Å². The number of carbonyl (C=O) groups excluding carboxylic acids is 3. The second-order valence-corrected chi connectivity index (χ2v) is 12.9. The first-order chi connectivity index (χ1) is 18.8. The van der Waals surface area contributed by atoms with Crippen molar-refractivity contribution >= 4 is 40.5 Å². The second kappa shape index (κ2) is 9.63. The highest BCUT2D eigenvalue weighted by Crippen LogP contribution is 2.71. The molecule has 4 heterocycles. The summed E-state index contributed by atoms with van der Waals surface area (Å²) < 4.78 is 0.397. The van der Waals surface area contributed by atoms with Crippen LogP contribution >= 0.6 is 11.8 Å². The maximum atomic E-state index is 14.0. The van der Waals surface area contributed by atoms with Crippen molar-refractivity contribution in [2.75, 3.05) is 6.61 Å². The Balaban J connectivity index is 1.28. The summed E-state index contributed by atoms with van der Waals surface area (Å²) in [6, 6.07) is 15.8. The van der Waals surface area contributed by atoms with Gasteiger partial charge in [-0.25, -0.2) is 4.68 Å². The van der Waals surface area contributed by atoms with Gasteiger partial charge in [-0.05, 0) is 44.4 Å². The van der Waals surface area contributed by atoms with Crippen molar-refractivity contribution in [1.82, 2.24) is 30.5 Å². The average Bonchev–Trinajstić information content (AvgIpc) is 3.66. The van der Waals surface area contributed by atoms with Gasteiger partial charge in [0.2, 0.25) is 17.7 Å². The first-order valence-corrected chi connectivity index (χ1v) is 14.1. The van der Waals surface area contributed by atoms with Crippen molar-refractivity contribution in [3.05, 3.63) is 60.2 Å². The normalized spacial score (nSPS) is 30.0. The van der Waals surface area contributed by atoms with E-state index < -0.39 is 33.4 Å². The molecule has 39 heavy (non-hydrogen) atoms. The van der Waals surface area contributed by atoms with Crippen LogP contribution in [0.15, 0.2) is 54.6 Å². The number of para-hydroxylation sites is 1. The number of rotatable bonds is 8. The summed E-state index contributed by atoms with van der Waals surface area (Å²) in [6.07, 6.45) is 1.37. The number of likely N-dealkylation sites (tertiary alicyclic amines) is 1. The Morgan fingerprint density at radius 3 is 2.62 bits per heavy atom. The number of amides is 3. The van der Waals surface area contributed by atoms with Gasteiger partial charge in [-0.3, -0.25) is 14.4 Å². The topological polar surface area (TPSA) is 129 Å². The Kier molecular flexibility index (Phi) is 6.38. The molecule has 3 amide bonds. The minimum Gasteiger partial charge on any atom is -0.394 e. The van der Waals surface area contributed by atoms with Crippen LogP contribution in [0.4, 0.5) is 0 Å². The lowest BCUT2D eigenvalue weighted by molar-refractivity contribution is -0.143. The van der Waals surface area contributed by atoms with Gasteiger partial charge in [0.1, 0.15) is 18.2 Å². The van der Waals surface area contributed by atoms with Gasteiger partial charge in [0, 0.05) is 11.3 Å². The monoisotopic (exact) mass is 548 g/mol. The highest BCUT2D eigenvalue weighted by atomic mass is 32.2. The molecule has 3 aromatic rings. The molecule has 3 fully saturated rings. The van der Waals surface area contributed by atoms with Crippen molar-refractivity contribution in [3.63, 3.8) is 0 Å². The van der Waals surface area contributed by atoms with Crippen molar-refractivity contribution in [3.8, 4) is 0 Å². The fraction of sp³-hybridized carbons (Fsp3) is 0.464. The van der Waals surface area contributed by atoms with Gasteiger partial charge < -0.3 is 20.6 Å². The Morgan fingerprint density at radius 1 is 1.10 bits per heavy atom. The quantitative estimate of drug-likeness (QED) is 0.391. The molecule has 2 bridgehead atoms. The minimum atomic E-state index is -0.814. The fourth-order valence-electron chi connectivity index (χ4n) is 6.81. The molecule has 10 nitrogen and oxygen atoms in total. The lowest BCUT2D eigenvalue weighted by Gasteiger charge is -2.35. The van der Waals surface area contributed by atoms with E-state index in [1.54, 1.807) is 23.4 Å². The third kappa shape index (κ3) is 4.01. The molecular weight excluding hydrogens is 516 g/mol. The number of nitrogens with one attached hydrogen (secondary N) is 2. The molecule has 204 valence electrons. The van der Waals surface area contributed by atoms with Crippen molar-refractivity contribution in [1.29, 1.82) is 0 Å². The van der Waals surface area contributed by atoms with Crippen molar-refractivity contribution < 1.29 is 19.5 Å². The molecule has 2 unspecified atom stereocenters. The highest BCUT2D eigenvalue weighted by Gasteiger charge is 2.77. The van der Waals surface area contributed by atoms with Crippen LogP contribution in [0, 0.1) is 11.8 Å². The number of benzene rings is 2. The smallest absolute Gasteiger partial charge is 0.245 e. The number of nitrogens with zero attached hydrogens (tertiary/aromatic N) is 4. The van der Waals surface area contributed by atoms with E-state index in [9.17, 15) is 19.5 Å². The molecule has 3 aliphatic rings. The SMILES string of the molecule is C[C@H](CO)N1C(=O)[C@@H]2[C@H](C(=O)NCc3ccccc3)[C@]3(C)CCC2(S3)C1C(=O)NCn1nnc2ccccc21. The molecule has 11 heteroatoms. The number of aliphatic hydroxyl groups is 1. The van der Waals surface area contributed by atoms with Gasteiger partial charge in [0.05, 0.1) is 34.7 Å². The second-order valence-electron chi connectivity index (χ2n) is 11.0. The van der Waals surface area contributed by atoms with Gasteiger partial charge in [0.25, 0.3) is 0 Å². The predicted molar refractivity (Wildman–Crippen MR) is 146 cm³/mol. The zero-order valence-electron chi connectivity index (χ0n) is 21.9. The number of hydrogen-bond acceptors (Lipinski definition) is 7. The van der Waals surface area contributed by atoms with Gasteiger partial charge in [-0.15, -0.1) is 16.9 Å². The van der Waals surface area contributed by atoms with Gasteiger partial charge in [0.15, 0.2) is 0 Å². The summed E-state index contributed by atoms with van der Waals surface area (Å²) in [4.78, 5) is 43.1. The van der Waals surface area contributed by atoms with Crippen LogP contribution in [0.3, 0.4) is 0 Å². The number of hydrogen-bond donors (Lipinski definition) is 3. The number of thioether (sulfide) groups is 1. The summed E-state index contributed by atoms with van der Waals surface area (Å²) in [5.41, 5.74) is 2.49. The molecule has 0 aliphatic carbocycles. The first kappa shape index (κ1) is 25.8. The van der Waals surface area contributed by atoms with Crippen LogP contribution in [-0.2, 0) is 27.6 Å². The van der Waals surface area contributed by atoms with Crippen LogP contribution in [0.25, 0.3) is 11.0 Å². The van der Waals surface area contributed by atoms with Crippen molar-refractivity contribution in [2.45, 2.75) is 61.5 Å². The van der Waals surface area contributed by atoms with Crippen LogP contribution in [0.5, 0.6) is 0 Å². The number of carbonyl (C=O) groups is 3. The molecule has 3 aliphatic heterocycles. The third-order valence-electron chi connectivity index (χ3n) is 8.62. The summed E-state index contributed by atoms with van der Waals surface area (Å²) in [6.45, 7) is 3.97. The molecule has 3 N–H and O–H groups in total. The third-order valence-corrected chi connectivity index (χ3v) is 10.6. The van der Waals surface area contributed by atoms with E-state index in [1.807, 2.05) is 61.5 Å². The molecule has 0 radical (unpaired) electrons. The van der Waals surface area contributed by atoms with E-state index in [1.165, 1.54) is 4.90 Å². The molecular formula is C28H32N6O4S. The molecule has 0 saturated carbocycles. The van der Waals surface area contributed by atoms with Crippen LogP contribution in [-0.4, -0.2) is 70.9 Å². The highest BCUT2D eigenvalue weighted by molar-refractivity contribution is 8.02. The fourth-order valence-corrected chi connectivity index (χ4v) is 9.15. The van der Waals surface area contributed by atoms with E-state index in [0.29, 0.717) is 13.0 Å². The summed E-state index contributed by atoms with van der Waals surface area (Å²) in [5.74, 6) is -1.93. The molecule has 1 spiro atoms. The Morgan fingerprint density at radius 2 is 1.85 bits per heavy atom. The Bertz CT molecular complexity index is 1430. The zero-order chi connectivity index (χ0) is 27.4. The Hall–Kier alpha value is -3.44. The van der Waals surface area contributed by atoms with Gasteiger partial charge in [-0.1, -0.05) is 47.7 Å². The lowest BCUT2D eigenvalue weighted by Crippen LogP contribution is -2.56. The summed E-state index contributed by atoms with van der Waals surface area (Å²) >= 11 is 1.61. The first-order valence-electron chi connectivity index (χ1n) is 13.3. The van der Waals surface area contributed by atoms with E-state index in [4.69, 9.17) is 0 Å². The lowest BCUT2D eigenvalue weighted by atomic mass is 9.66. The molecule has 6 rings (SSSR count). The van der Waals surface area contributed by atoms with Crippen LogP contribution < -0.4 is 10.6 Å². The maximum Gasteiger partial charge on any atom is 0.245 e. The molecule has 1 aromatic heterocycles.